The second kappa shape index (κ2) is 8.35. The first-order chi connectivity index (χ1) is 14.2. The van der Waals surface area contributed by atoms with Crippen LogP contribution in [0.15, 0.2) is 91.0 Å². The van der Waals surface area contributed by atoms with Crippen LogP contribution in [0.5, 0.6) is 0 Å². The molecular weight excluding hydrogens is 362 g/mol. The normalized spacial score (nSPS) is 10.5. The van der Waals surface area contributed by atoms with Crippen LogP contribution in [0.1, 0.15) is 16.1 Å². The molecule has 142 valence electrons. The Kier molecular flexibility index (Phi) is 5.29. The summed E-state index contributed by atoms with van der Waals surface area (Å²) in [6, 6.07) is 28.8. The lowest BCUT2D eigenvalue weighted by atomic mass is 10.0. The highest BCUT2D eigenvalue weighted by molar-refractivity contribution is 5.96. The van der Waals surface area contributed by atoms with Crippen molar-refractivity contribution < 1.29 is 9.59 Å². The number of carbonyl (C=O) groups excluding carboxylic acids is 2. The zero-order valence-corrected chi connectivity index (χ0v) is 15.6. The number of nitrogens with zero attached hydrogens (tertiary/aromatic N) is 1. The maximum Gasteiger partial charge on any atom is 0.288 e. The summed E-state index contributed by atoms with van der Waals surface area (Å²) in [5.74, 6) is -0.755. The van der Waals surface area contributed by atoms with Crippen molar-refractivity contribution in [3.8, 4) is 11.1 Å². The number of rotatable bonds is 4. The number of hydrogen-bond donors (Lipinski definition) is 2. The van der Waals surface area contributed by atoms with Crippen LogP contribution in [0.4, 0.5) is 0 Å². The number of hydrogen-bond acceptors (Lipinski definition) is 3. The third-order valence-electron chi connectivity index (χ3n) is 4.57. The van der Waals surface area contributed by atoms with Crippen LogP contribution in [0.25, 0.3) is 22.0 Å². The summed E-state index contributed by atoms with van der Waals surface area (Å²) in [5, 5.41) is 0.951. The number of para-hydroxylation sites is 1. The monoisotopic (exact) mass is 381 g/mol. The Balaban J connectivity index is 1.34. The second-order valence-corrected chi connectivity index (χ2v) is 6.63. The van der Waals surface area contributed by atoms with Gasteiger partial charge in [0, 0.05) is 5.39 Å². The third-order valence-corrected chi connectivity index (χ3v) is 4.57. The molecule has 1 aromatic heterocycles. The number of fused-ring (bicyclic) bond motifs is 1. The van der Waals surface area contributed by atoms with Crippen molar-refractivity contribution in [2.45, 2.75) is 6.42 Å². The Labute approximate surface area is 168 Å². The van der Waals surface area contributed by atoms with Gasteiger partial charge in [0.25, 0.3) is 5.91 Å². The summed E-state index contributed by atoms with van der Waals surface area (Å²) in [4.78, 5) is 28.7. The average molecular weight is 381 g/mol. The Hall–Kier alpha value is -3.99. The van der Waals surface area contributed by atoms with E-state index in [1.165, 1.54) is 0 Å². The summed E-state index contributed by atoms with van der Waals surface area (Å²) in [6.45, 7) is 0. The van der Waals surface area contributed by atoms with E-state index < -0.39 is 5.91 Å². The third kappa shape index (κ3) is 4.47. The molecule has 0 bridgehead atoms. The van der Waals surface area contributed by atoms with Crippen LogP contribution in [0, 0.1) is 0 Å². The van der Waals surface area contributed by atoms with E-state index in [-0.39, 0.29) is 18.0 Å². The van der Waals surface area contributed by atoms with E-state index in [1.54, 1.807) is 6.07 Å². The molecule has 2 N–H and O–H groups in total. The first kappa shape index (κ1) is 18.4. The molecule has 3 aromatic carbocycles. The molecule has 0 saturated heterocycles. The highest BCUT2D eigenvalue weighted by Gasteiger charge is 2.10. The molecule has 1 heterocycles. The highest BCUT2D eigenvalue weighted by Crippen LogP contribution is 2.19. The van der Waals surface area contributed by atoms with Crippen molar-refractivity contribution in [2.24, 2.45) is 0 Å². The Morgan fingerprint density at radius 3 is 2.17 bits per heavy atom. The topological polar surface area (TPSA) is 71.1 Å². The fourth-order valence-corrected chi connectivity index (χ4v) is 3.06. The molecule has 0 aliphatic heterocycles. The zero-order valence-electron chi connectivity index (χ0n) is 15.6. The van der Waals surface area contributed by atoms with E-state index >= 15 is 0 Å². The van der Waals surface area contributed by atoms with Crippen LogP contribution in [0.3, 0.4) is 0 Å². The Bertz CT molecular complexity index is 1160. The molecule has 4 rings (SSSR count). The van der Waals surface area contributed by atoms with Gasteiger partial charge in [-0.1, -0.05) is 78.9 Å². The number of nitrogens with one attached hydrogen (secondary N) is 2. The smallest absolute Gasteiger partial charge is 0.273 e. The molecule has 5 heteroatoms. The van der Waals surface area contributed by atoms with E-state index in [1.807, 2.05) is 84.9 Å². The van der Waals surface area contributed by atoms with Gasteiger partial charge in [-0.3, -0.25) is 20.4 Å². The van der Waals surface area contributed by atoms with Gasteiger partial charge in [0.05, 0.1) is 11.9 Å². The summed E-state index contributed by atoms with van der Waals surface area (Å²) in [5.41, 5.74) is 8.91. The van der Waals surface area contributed by atoms with Crippen LogP contribution in [0.2, 0.25) is 0 Å². The first-order valence-electron chi connectivity index (χ1n) is 9.28. The summed E-state index contributed by atoms with van der Waals surface area (Å²) in [6.07, 6.45) is 0.167. The predicted octanol–water partition coefficient (Wildman–Crippen LogP) is 3.91. The van der Waals surface area contributed by atoms with Crippen molar-refractivity contribution >= 4 is 22.7 Å². The van der Waals surface area contributed by atoms with E-state index in [0.717, 1.165) is 27.6 Å². The van der Waals surface area contributed by atoms with Crippen molar-refractivity contribution in [3.63, 3.8) is 0 Å². The van der Waals surface area contributed by atoms with Crippen molar-refractivity contribution in [2.75, 3.05) is 0 Å². The Morgan fingerprint density at radius 2 is 1.38 bits per heavy atom. The van der Waals surface area contributed by atoms with Gasteiger partial charge in [-0.05, 0) is 28.8 Å². The van der Waals surface area contributed by atoms with Crippen LogP contribution < -0.4 is 10.9 Å². The molecule has 0 aliphatic carbocycles. The Morgan fingerprint density at radius 1 is 0.690 bits per heavy atom. The molecule has 0 atom stereocenters. The molecule has 5 nitrogen and oxygen atoms in total. The maximum absolute atomic E-state index is 12.3. The minimum absolute atomic E-state index is 0.167. The standard InChI is InChI=1S/C24H19N3O2/c28-23(16-17-10-12-19(13-11-17)18-6-2-1-3-7-18)26-27-24(29)22-15-14-20-8-4-5-9-21(20)25-22/h1-15H,16H2,(H,26,28)(H,27,29). The van der Waals surface area contributed by atoms with E-state index in [9.17, 15) is 9.59 Å². The zero-order chi connectivity index (χ0) is 20.1. The van der Waals surface area contributed by atoms with Gasteiger partial charge in [-0.2, -0.15) is 0 Å². The predicted molar refractivity (Wildman–Crippen MR) is 113 cm³/mol. The van der Waals surface area contributed by atoms with Gasteiger partial charge in [0.2, 0.25) is 5.91 Å². The second-order valence-electron chi connectivity index (χ2n) is 6.63. The van der Waals surface area contributed by atoms with Gasteiger partial charge < -0.3 is 0 Å². The molecule has 0 fully saturated rings. The molecule has 2 amide bonds. The molecule has 0 unspecified atom stereocenters. The van der Waals surface area contributed by atoms with Crippen molar-refractivity contribution in [1.82, 2.24) is 15.8 Å². The molecule has 29 heavy (non-hydrogen) atoms. The lowest BCUT2D eigenvalue weighted by molar-refractivity contribution is -0.121. The fourth-order valence-electron chi connectivity index (χ4n) is 3.06. The minimum atomic E-state index is -0.455. The number of carbonyl (C=O) groups is 2. The number of hydrazine groups is 1. The largest absolute Gasteiger partial charge is 0.288 e. The average Bonchev–Trinajstić information content (AvgIpc) is 2.78. The van der Waals surface area contributed by atoms with E-state index in [2.05, 4.69) is 15.8 Å². The van der Waals surface area contributed by atoms with E-state index in [0.29, 0.717) is 0 Å². The van der Waals surface area contributed by atoms with Crippen LogP contribution >= 0.6 is 0 Å². The molecular formula is C24H19N3O2. The molecule has 0 spiro atoms. The van der Waals surface area contributed by atoms with Gasteiger partial charge in [0.15, 0.2) is 0 Å². The van der Waals surface area contributed by atoms with Gasteiger partial charge in [-0.15, -0.1) is 0 Å². The number of aromatic nitrogens is 1. The van der Waals surface area contributed by atoms with E-state index in [4.69, 9.17) is 0 Å². The molecule has 0 radical (unpaired) electrons. The van der Waals surface area contributed by atoms with Gasteiger partial charge in [-0.25, -0.2) is 4.98 Å². The molecule has 0 aliphatic rings. The van der Waals surface area contributed by atoms with Gasteiger partial charge >= 0.3 is 0 Å². The lowest BCUT2D eigenvalue weighted by Crippen LogP contribution is -2.42. The maximum atomic E-state index is 12.3. The number of amides is 2. The van der Waals surface area contributed by atoms with Crippen molar-refractivity contribution in [1.29, 1.82) is 0 Å². The molecule has 4 aromatic rings. The summed E-state index contributed by atoms with van der Waals surface area (Å²) >= 11 is 0. The number of pyridine rings is 1. The SMILES string of the molecule is O=C(Cc1ccc(-c2ccccc2)cc1)NNC(=O)c1ccc2ccccc2n1. The quantitative estimate of drug-likeness (QED) is 0.527. The summed E-state index contributed by atoms with van der Waals surface area (Å²) < 4.78 is 0. The fraction of sp³-hybridized carbons (Fsp3) is 0.0417. The van der Waals surface area contributed by atoms with Gasteiger partial charge in [0.1, 0.15) is 5.69 Å². The molecule has 0 saturated carbocycles. The van der Waals surface area contributed by atoms with Crippen LogP contribution in [-0.2, 0) is 11.2 Å². The number of benzene rings is 3. The minimum Gasteiger partial charge on any atom is -0.273 e. The summed E-state index contributed by atoms with van der Waals surface area (Å²) in [7, 11) is 0. The van der Waals surface area contributed by atoms with Crippen molar-refractivity contribution in [3.05, 3.63) is 102 Å². The van der Waals surface area contributed by atoms with Crippen LogP contribution in [-0.4, -0.2) is 16.8 Å². The first-order valence-corrected chi connectivity index (χ1v) is 9.28. The highest BCUT2D eigenvalue weighted by atomic mass is 16.2. The lowest BCUT2D eigenvalue weighted by Gasteiger charge is -2.08.